The Morgan fingerprint density at radius 2 is 1.79 bits per heavy atom. The maximum Gasteiger partial charge on any atom is 0.244 e. The molecule has 4 heteroatoms. The lowest BCUT2D eigenvalue weighted by Crippen LogP contribution is -2.47. The van der Waals surface area contributed by atoms with E-state index in [4.69, 9.17) is 4.74 Å². The molecule has 0 radical (unpaired) electrons. The molecule has 1 atom stereocenters. The summed E-state index contributed by atoms with van der Waals surface area (Å²) in [7, 11) is 0. The maximum absolute atomic E-state index is 12.3. The lowest BCUT2D eigenvalue weighted by molar-refractivity contribution is -0.135. The van der Waals surface area contributed by atoms with Gasteiger partial charge in [-0.25, -0.2) is 0 Å². The highest BCUT2D eigenvalue weighted by atomic mass is 16.5. The molecule has 19 heavy (non-hydrogen) atoms. The molecule has 0 aliphatic carbocycles. The lowest BCUT2D eigenvalue weighted by atomic mass is 10.1. The van der Waals surface area contributed by atoms with Crippen LogP contribution in [0.4, 0.5) is 5.69 Å². The molecule has 0 aromatic heterocycles. The van der Waals surface area contributed by atoms with E-state index in [-0.39, 0.29) is 11.9 Å². The molecule has 1 amide bonds. The third-order valence-electron chi connectivity index (χ3n) is 3.30. The summed E-state index contributed by atoms with van der Waals surface area (Å²) >= 11 is 0. The average Bonchev–Trinajstić information content (AvgIpc) is 2.37. The van der Waals surface area contributed by atoms with Crippen LogP contribution in [0.3, 0.4) is 0 Å². The number of nitrogens with zero attached hydrogens (tertiary/aromatic N) is 1. The van der Waals surface area contributed by atoms with Crippen molar-refractivity contribution in [1.29, 1.82) is 0 Å². The van der Waals surface area contributed by atoms with Crippen molar-refractivity contribution in [3.8, 4) is 0 Å². The molecule has 0 bridgehead atoms. The zero-order valence-electron chi connectivity index (χ0n) is 11.9. The highest BCUT2D eigenvalue weighted by molar-refractivity contribution is 5.84. The SMILES string of the molecule is Cc1cc(C)cc(NC(C)C(=O)N2CCOCC2)c1. The second-order valence-electron chi connectivity index (χ2n) is 5.18. The summed E-state index contributed by atoms with van der Waals surface area (Å²) in [5.74, 6) is 0.141. The van der Waals surface area contributed by atoms with Gasteiger partial charge in [0.25, 0.3) is 0 Å². The zero-order valence-corrected chi connectivity index (χ0v) is 11.9. The van der Waals surface area contributed by atoms with Crippen LogP contribution in [-0.2, 0) is 9.53 Å². The molecule has 1 aliphatic heterocycles. The summed E-state index contributed by atoms with van der Waals surface area (Å²) < 4.78 is 5.27. The van der Waals surface area contributed by atoms with Gasteiger partial charge < -0.3 is 15.0 Å². The van der Waals surface area contributed by atoms with Crippen molar-refractivity contribution in [1.82, 2.24) is 4.90 Å². The minimum Gasteiger partial charge on any atom is -0.378 e. The molecular weight excluding hydrogens is 240 g/mol. The number of amides is 1. The Hall–Kier alpha value is -1.55. The minimum atomic E-state index is -0.209. The number of carbonyl (C=O) groups excluding carboxylic acids is 1. The number of nitrogens with one attached hydrogen (secondary N) is 1. The van der Waals surface area contributed by atoms with Gasteiger partial charge >= 0.3 is 0 Å². The summed E-state index contributed by atoms with van der Waals surface area (Å²) in [5.41, 5.74) is 3.41. The van der Waals surface area contributed by atoms with E-state index in [1.807, 2.05) is 11.8 Å². The predicted octanol–water partition coefficient (Wildman–Crippen LogP) is 1.96. The Morgan fingerprint density at radius 3 is 2.37 bits per heavy atom. The van der Waals surface area contributed by atoms with Crippen LogP contribution in [0.1, 0.15) is 18.1 Å². The number of ether oxygens (including phenoxy) is 1. The fourth-order valence-electron chi connectivity index (χ4n) is 2.43. The number of rotatable bonds is 3. The molecule has 1 saturated heterocycles. The molecule has 1 unspecified atom stereocenters. The van der Waals surface area contributed by atoms with E-state index in [0.29, 0.717) is 26.3 Å². The number of hydrogen-bond donors (Lipinski definition) is 1. The number of anilines is 1. The van der Waals surface area contributed by atoms with E-state index in [2.05, 4.69) is 37.4 Å². The average molecular weight is 262 g/mol. The first-order valence-corrected chi connectivity index (χ1v) is 6.77. The second-order valence-corrected chi connectivity index (χ2v) is 5.18. The number of aryl methyl sites for hydroxylation is 2. The van der Waals surface area contributed by atoms with Crippen molar-refractivity contribution >= 4 is 11.6 Å². The van der Waals surface area contributed by atoms with Crippen LogP contribution >= 0.6 is 0 Å². The fourth-order valence-corrected chi connectivity index (χ4v) is 2.43. The largest absolute Gasteiger partial charge is 0.378 e. The summed E-state index contributed by atoms with van der Waals surface area (Å²) in [6.07, 6.45) is 0. The van der Waals surface area contributed by atoms with Crippen molar-refractivity contribution in [3.05, 3.63) is 29.3 Å². The van der Waals surface area contributed by atoms with Crippen LogP contribution in [0.15, 0.2) is 18.2 Å². The highest BCUT2D eigenvalue weighted by Crippen LogP contribution is 2.15. The smallest absolute Gasteiger partial charge is 0.244 e. The number of carbonyl (C=O) groups is 1. The van der Waals surface area contributed by atoms with Gasteiger partial charge in [0.05, 0.1) is 13.2 Å². The van der Waals surface area contributed by atoms with Crippen LogP contribution < -0.4 is 5.32 Å². The van der Waals surface area contributed by atoms with E-state index in [9.17, 15) is 4.79 Å². The van der Waals surface area contributed by atoms with Crippen molar-refractivity contribution in [3.63, 3.8) is 0 Å². The highest BCUT2D eigenvalue weighted by Gasteiger charge is 2.22. The molecule has 1 heterocycles. The van der Waals surface area contributed by atoms with Gasteiger partial charge in [-0.2, -0.15) is 0 Å². The minimum absolute atomic E-state index is 0.141. The third-order valence-corrected chi connectivity index (χ3v) is 3.30. The molecule has 4 nitrogen and oxygen atoms in total. The maximum atomic E-state index is 12.3. The van der Waals surface area contributed by atoms with Gasteiger partial charge in [-0.3, -0.25) is 4.79 Å². The van der Waals surface area contributed by atoms with E-state index in [1.54, 1.807) is 0 Å². The van der Waals surface area contributed by atoms with E-state index in [1.165, 1.54) is 11.1 Å². The number of morpholine rings is 1. The molecule has 1 aromatic rings. The molecule has 2 rings (SSSR count). The number of hydrogen-bond acceptors (Lipinski definition) is 3. The first kappa shape index (κ1) is 13.9. The second kappa shape index (κ2) is 6.06. The van der Waals surface area contributed by atoms with Gasteiger partial charge in [-0.15, -0.1) is 0 Å². The summed E-state index contributed by atoms with van der Waals surface area (Å²) in [5, 5.41) is 3.29. The summed E-state index contributed by atoms with van der Waals surface area (Å²) in [6, 6.07) is 6.05. The van der Waals surface area contributed by atoms with Crippen molar-refractivity contribution in [2.45, 2.75) is 26.8 Å². The first-order chi connectivity index (χ1) is 9.06. The molecule has 1 N–H and O–H groups in total. The van der Waals surface area contributed by atoms with Crippen molar-refractivity contribution in [2.75, 3.05) is 31.6 Å². The van der Waals surface area contributed by atoms with Crippen molar-refractivity contribution < 1.29 is 9.53 Å². The first-order valence-electron chi connectivity index (χ1n) is 6.77. The Bertz CT molecular complexity index is 433. The molecule has 104 valence electrons. The lowest BCUT2D eigenvalue weighted by Gasteiger charge is -2.29. The van der Waals surface area contributed by atoms with E-state index in [0.717, 1.165) is 5.69 Å². The standard InChI is InChI=1S/C15H22N2O2/c1-11-8-12(2)10-14(9-11)16-13(3)15(18)17-4-6-19-7-5-17/h8-10,13,16H,4-7H2,1-3H3. The van der Waals surface area contributed by atoms with Gasteiger partial charge in [-0.05, 0) is 44.0 Å². The molecule has 0 saturated carbocycles. The Morgan fingerprint density at radius 1 is 1.21 bits per heavy atom. The number of benzene rings is 1. The van der Waals surface area contributed by atoms with Gasteiger partial charge in [0.1, 0.15) is 6.04 Å². The third kappa shape index (κ3) is 3.70. The molecule has 1 aliphatic rings. The van der Waals surface area contributed by atoms with E-state index < -0.39 is 0 Å². The van der Waals surface area contributed by atoms with Gasteiger partial charge in [0.2, 0.25) is 5.91 Å². The van der Waals surface area contributed by atoms with Crippen LogP contribution in [0, 0.1) is 13.8 Å². The zero-order chi connectivity index (χ0) is 13.8. The monoisotopic (exact) mass is 262 g/mol. The van der Waals surface area contributed by atoms with Gasteiger partial charge in [0.15, 0.2) is 0 Å². The Balaban J connectivity index is 1.99. The molecule has 1 fully saturated rings. The van der Waals surface area contributed by atoms with Gasteiger partial charge in [-0.1, -0.05) is 6.07 Å². The van der Waals surface area contributed by atoms with E-state index >= 15 is 0 Å². The molecular formula is C15H22N2O2. The molecule has 1 aromatic carbocycles. The predicted molar refractivity (Wildman–Crippen MR) is 76.4 cm³/mol. The van der Waals surface area contributed by atoms with Gasteiger partial charge in [0, 0.05) is 18.8 Å². The quantitative estimate of drug-likeness (QED) is 0.905. The Labute approximate surface area is 114 Å². The van der Waals surface area contributed by atoms with Crippen LogP contribution in [0.2, 0.25) is 0 Å². The van der Waals surface area contributed by atoms with Crippen LogP contribution in [0.5, 0.6) is 0 Å². The fraction of sp³-hybridized carbons (Fsp3) is 0.533. The Kier molecular flexibility index (Phi) is 4.43. The molecule has 0 spiro atoms. The normalized spacial score (nSPS) is 17.1. The van der Waals surface area contributed by atoms with Crippen LogP contribution in [0.25, 0.3) is 0 Å². The summed E-state index contributed by atoms with van der Waals surface area (Å²) in [6.45, 7) is 8.70. The summed E-state index contributed by atoms with van der Waals surface area (Å²) in [4.78, 5) is 14.1. The van der Waals surface area contributed by atoms with Crippen molar-refractivity contribution in [2.24, 2.45) is 0 Å². The topological polar surface area (TPSA) is 41.6 Å². The van der Waals surface area contributed by atoms with Crippen LogP contribution in [-0.4, -0.2) is 43.2 Å².